The largest absolute Gasteiger partial charge is 0.390 e. The lowest BCUT2D eigenvalue weighted by Crippen LogP contribution is -2.37. The van der Waals surface area contributed by atoms with Gasteiger partial charge in [-0.05, 0) is 6.92 Å². The van der Waals surface area contributed by atoms with E-state index in [1.54, 1.807) is 0 Å². The van der Waals surface area contributed by atoms with E-state index in [9.17, 15) is 21.6 Å². The molecule has 0 aliphatic rings. The van der Waals surface area contributed by atoms with Gasteiger partial charge in [0.15, 0.2) is 0 Å². The molecule has 0 aromatic rings. The zero-order valence-electron chi connectivity index (χ0n) is 8.38. The molecule has 0 amide bonds. The van der Waals surface area contributed by atoms with Crippen LogP contribution in [0.25, 0.3) is 0 Å². The zero-order valence-corrected chi connectivity index (χ0v) is 9.95. The van der Waals surface area contributed by atoms with Crippen molar-refractivity contribution in [2.75, 3.05) is 19.5 Å². The maximum Gasteiger partial charge on any atom is 0.390 e. The third kappa shape index (κ3) is 5.03. The van der Waals surface area contributed by atoms with Gasteiger partial charge >= 0.3 is 6.18 Å². The molecule has 0 N–H and O–H groups in total. The maximum atomic E-state index is 11.8. The second-order valence-electron chi connectivity index (χ2n) is 3.20. The van der Waals surface area contributed by atoms with Crippen LogP contribution in [0.3, 0.4) is 0 Å². The van der Waals surface area contributed by atoms with Crippen molar-refractivity contribution in [3.8, 4) is 0 Å². The number of halogens is 4. The highest BCUT2D eigenvalue weighted by molar-refractivity contribution is 7.89. The summed E-state index contributed by atoms with van der Waals surface area (Å²) in [6, 6.07) is 0. The fourth-order valence-corrected chi connectivity index (χ4v) is 2.40. The standard InChI is InChI=1S/C7H13ClF3NO2S/c1-6(5-8)15(13,14)12(2)4-3-7(9,10)11/h6H,3-5H2,1-2H3. The summed E-state index contributed by atoms with van der Waals surface area (Å²) in [6.45, 7) is 0.777. The summed E-state index contributed by atoms with van der Waals surface area (Å²) in [7, 11) is -2.59. The molecular weight excluding hydrogens is 255 g/mol. The summed E-state index contributed by atoms with van der Waals surface area (Å²) < 4.78 is 59.1. The van der Waals surface area contributed by atoms with E-state index in [1.165, 1.54) is 6.92 Å². The molecule has 0 aromatic carbocycles. The number of hydrogen-bond donors (Lipinski definition) is 0. The lowest BCUT2D eigenvalue weighted by molar-refractivity contribution is -0.135. The van der Waals surface area contributed by atoms with E-state index in [0.717, 1.165) is 7.05 Å². The van der Waals surface area contributed by atoms with Crippen LogP contribution in [0.5, 0.6) is 0 Å². The number of rotatable bonds is 5. The summed E-state index contributed by atoms with van der Waals surface area (Å²) in [5.74, 6) is -0.140. The minimum Gasteiger partial charge on any atom is -0.212 e. The quantitative estimate of drug-likeness (QED) is 0.713. The van der Waals surface area contributed by atoms with E-state index in [-0.39, 0.29) is 5.88 Å². The molecule has 0 radical (unpaired) electrons. The first kappa shape index (κ1) is 15.0. The van der Waals surface area contributed by atoms with Gasteiger partial charge in [-0.1, -0.05) is 0 Å². The molecule has 0 heterocycles. The molecule has 1 unspecified atom stereocenters. The highest BCUT2D eigenvalue weighted by Crippen LogP contribution is 2.20. The Balaban J connectivity index is 4.40. The SMILES string of the molecule is CC(CCl)S(=O)(=O)N(C)CCC(F)(F)F. The van der Waals surface area contributed by atoms with Crippen LogP contribution in [-0.2, 0) is 10.0 Å². The van der Waals surface area contributed by atoms with E-state index in [1.807, 2.05) is 0 Å². The smallest absolute Gasteiger partial charge is 0.212 e. The number of alkyl halides is 4. The van der Waals surface area contributed by atoms with Gasteiger partial charge in [-0.15, -0.1) is 11.6 Å². The first-order valence-corrected chi connectivity index (χ1v) is 6.23. The van der Waals surface area contributed by atoms with Crippen LogP contribution in [0.15, 0.2) is 0 Å². The highest BCUT2D eigenvalue weighted by Gasteiger charge is 2.31. The van der Waals surface area contributed by atoms with Gasteiger partial charge in [0, 0.05) is 19.5 Å². The molecule has 0 aliphatic carbocycles. The molecule has 1 atom stereocenters. The summed E-state index contributed by atoms with van der Waals surface area (Å²) in [5.41, 5.74) is 0. The molecule has 8 heteroatoms. The Morgan fingerprint density at radius 2 is 1.87 bits per heavy atom. The van der Waals surface area contributed by atoms with E-state index in [4.69, 9.17) is 11.6 Å². The van der Waals surface area contributed by atoms with Crippen LogP contribution in [0.4, 0.5) is 13.2 Å². The topological polar surface area (TPSA) is 37.4 Å². The van der Waals surface area contributed by atoms with Gasteiger partial charge in [0.2, 0.25) is 10.0 Å². The molecule has 0 aliphatic heterocycles. The number of hydrogen-bond acceptors (Lipinski definition) is 2. The minimum absolute atomic E-state index is 0.140. The van der Waals surface area contributed by atoms with Crippen LogP contribution >= 0.6 is 11.6 Å². The van der Waals surface area contributed by atoms with Crippen molar-refractivity contribution in [3.63, 3.8) is 0 Å². The lowest BCUT2D eigenvalue weighted by Gasteiger charge is -2.21. The first-order valence-electron chi connectivity index (χ1n) is 4.19. The average Bonchev–Trinajstić information content (AvgIpc) is 2.11. The van der Waals surface area contributed by atoms with Crippen LogP contribution in [0, 0.1) is 0 Å². The van der Waals surface area contributed by atoms with Crippen molar-refractivity contribution in [2.45, 2.75) is 24.8 Å². The van der Waals surface area contributed by atoms with Gasteiger partial charge in [0.1, 0.15) is 0 Å². The van der Waals surface area contributed by atoms with Gasteiger partial charge in [0.05, 0.1) is 11.7 Å². The molecule has 3 nitrogen and oxygen atoms in total. The lowest BCUT2D eigenvalue weighted by atomic mass is 10.4. The number of sulfonamides is 1. The second-order valence-corrected chi connectivity index (χ2v) is 5.96. The van der Waals surface area contributed by atoms with E-state index in [2.05, 4.69) is 0 Å². The van der Waals surface area contributed by atoms with E-state index >= 15 is 0 Å². The zero-order chi connectivity index (χ0) is 12.3. The predicted molar refractivity (Wildman–Crippen MR) is 52.4 cm³/mol. The molecule has 0 rings (SSSR count). The monoisotopic (exact) mass is 267 g/mol. The normalized spacial score (nSPS) is 15.7. The number of nitrogens with zero attached hydrogens (tertiary/aromatic N) is 1. The predicted octanol–water partition coefficient (Wildman–Crippen LogP) is 1.83. The molecule has 0 saturated carbocycles. The van der Waals surface area contributed by atoms with Crippen LogP contribution in [-0.4, -0.2) is 43.6 Å². The van der Waals surface area contributed by atoms with Gasteiger partial charge in [-0.25, -0.2) is 12.7 Å². The van der Waals surface area contributed by atoms with Gasteiger partial charge < -0.3 is 0 Å². The second kappa shape index (κ2) is 5.36. The third-order valence-corrected chi connectivity index (χ3v) is 4.75. The molecular formula is C7H13ClF3NO2S. The molecule has 0 fully saturated rings. The third-order valence-electron chi connectivity index (χ3n) is 1.87. The van der Waals surface area contributed by atoms with Crippen molar-refractivity contribution in [3.05, 3.63) is 0 Å². The van der Waals surface area contributed by atoms with Gasteiger partial charge in [-0.2, -0.15) is 13.2 Å². The van der Waals surface area contributed by atoms with Crippen LogP contribution in [0.1, 0.15) is 13.3 Å². The Bertz CT molecular complexity index is 291. The first-order chi connectivity index (χ1) is 6.61. The van der Waals surface area contributed by atoms with Crippen molar-refractivity contribution >= 4 is 21.6 Å². The summed E-state index contributed by atoms with van der Waals surface area (Å²) in [5, 5.41) is -0.877. The maximum absolute atomic E-state index is 11.8. The molecule has 0 spiro atoms. The fourth-order valence-electron chi connectivity index (χ4n) is 0.798. The summed E-state index contributed by atoms with van der Waals surface area (Å²) >= 11 is 5.34. The Hall–Kier alpha value is -0.0100. The Labute approximate surface area is 92.2 Å². The highest BCUT2D eigenvalue weighted by atomic mass is 35.5. The molecule has 92 valence electrons. The van der Waals surface area contributed by atoms with Crippen molar-refractivity contribution in [1.82, 2.24) is 4.31 Å². The Morgan fingerprint density at radius 1 is 1.40 bits per heavy atom. The molecule has 0 saturated heterocycles. The summed E-state index contributed by atoms with van der Waals surface area (Å²) in [4.78, 5) is 0. The molecule has 0 bridgehead atoms. The van der Waals surface area contributed by atoms with Crippen molar-refractivity contribution in [1.29, 1.82) is 0 Å². The molecule has 0 aromatic heterocycles. The average molecular weight is 268 g/mol. The van der Waals surface area contributed by atoms with Gasteiger partial charge in [0.25, 0.3) is 0 Å². The van der Waals surface area contributed by atoms with Crippen LogP contribution in [0.2, 0.25) is 0 Å². The van der Waals surface area contributed by atoms with E-state index in [0.29, 0.717) is 4.31 Å². The Kier molecular flexibility index (Phi) is 5.35. The van der Waals surface area contributed by atoms with E-state index < -0.39 is 34.4 Å². The summed E-state index contributed by atoms with van der Waals surface area (Å²) in [6.07, 6.45) is -5.51. The fraction of sp³-hybridized carbons (Fsp3) is 1.00. The van der Waals surface area contributed by atoms with Gasteiger partial charge in [-0.3, -0.25) is 0 Å². The van der Waals surface area contributed by atoms with Crippen molar-refractivity contribution in [2.24, 2.45) is 0 Å². The van der Waals surface area contributed by atoms with Crippen molar-refractivity contribution < 1.29 is 21.6 Å². The molecule has 15 heavy (non-hydrogen) atoms. The Morgan fingerprint density at radius 3 is 2.20 bits per heavy atom. The minimum atomic E-state index is -4.35. The van der Waals surface area contributed by atoms with Crippen LogP contribution < -0.4 is 0 Å².